The van der Waals surface area contributed by atoms with Crippen LogP contribution in [0.5, 0.6) is 0 Å². The summed E-state index contributed by atoms with van der Waals surface area (Å²) in [5.41, 5.74) is 0.310. The maximum atomic E-state index is 2.55. The van der Waals surface area contributed by atoms with Gasteiger partial charge in [-0.1, -0.05) is 20.3 Å². The Morgan fingerprint density at radius 1 is 1.00 bits per heavy atom. The second-order valence-corrected chi connectivity index (χ2v) is 6.16. The zero-order valence-corrected chi connectivity index (χ0v) is 13.2. The third kappa shape index (κ3) is 7.05. The van der Waals surface area contributed by atoms with Gasteiger partial charge in [0, 0.05) is 11.6 Å². The third-order valence-electron chi connectivity index (χ3n) is 3.95. The Morgan fingerprint density at radius 2 is 1.53 bits per heavy atom. The van der Waals surface area contributed by atoms with Crippen LogP contribution in [0.15, 0.2) is 0 Å². The van der Waals surface area contributed by atoms with Crippen molar-refractivity contribution in [1.82, 2.24) is 9.80 Å². The molecule has 0 aromatic carbocycles. The van der Waals surface area contributed by atoms with Crippen LogP contribution in [0.4, 0.5) is 0 Å². The molecule has 0 aliphatic heterocycles. The second kappa shape index (κ2) is 8.10. The highest BCUT2D eigenvalue weighted by molar-refractivity contribution is 4.73. The molecule has 2 heteroatoms. The molecule has 2 nitrogen and oxygen atoms in total. The SMILES string of the molecule is CCN(CC)C(C)CCCCN(C)C(C)(C)C. The predicted molar refractivity (Wildman–Crippen MR) is 78.6 cm³/mol. The lowest BCUT2D eigenvalue weighted by molar-refractivity contribution is 0.167. The topological polar surface area (TPSA) is 6.48 Å². The van der Waals surface area contributed by atoms with Crippen LogP contribution in [-0.2, 0) is 0 Å². The predicted octanol–water partition coefficient (Wildman–Crippen LogP) is 3.62. The van der Waals surface area contributed by atoms with Gasteiger partial charge in [-0.2, -0.15) is 0 Å². The number of hydrogen-bond donors (Lipinski definition) is 0. The molecule has 0 saturated carbocycles. The van der Waals surface area contributed by atoms with Gasteiger partial charge in [0.2, 0.25) is 0 Å². The molecule has 0 spiro atoms. The Hall–Kier alpha value is -0.0800. The van der Waals surface area contributed by atoms with Crippen molar-refractivity contribution in [2.24, 2.45) is 0 Å². The molecule has 0 fully saturated rings. The fourth-order valence-electron chi connectivity index (χ4n) is 2.15. The summed E-state index contributed by atoms with van der Waals surface area (Å²) < 4.78 is 0. The van der Waals surface area contributed by atoms with E-state index in [2.05, 4.69) is 58.4 Å². The molecule has 0 rings (SSSR count). The third-order valence-corrected chi connectivity index (χ3v) is 3.95. The van der Waals surface area contributed by atoms with Gasteiger partial charge in [0.05, 0.1) is 0 Å². The van der Waals surface area contributed by atoms with E-state index in [0.29, 0.717) is 5.54 Å². The minimum absolute atomic E-state index is 0.310. The van der Waals surface area contributed by atoms with Gasteiger partial charge in [-0.05, 0) is 67.2 Å². The Bertz CT molecular complexity index is 180. The molecule has 0 aromatic rings. The van der Waals surface area contributed by atoms with Gasteiger partial charge in [0.15, 0.2) is 0 Å². The molecule has 0 aromatic heterocycles. The van der Waals surface area contributed by atoms with E-state index in [1.165, 1.54) is 38.9 Å². The normalized spacial score (nSPS) is 14.6. The minimum atomic E-state index is 0.310. The van der Waals surface area contributed by atoms with Crippen LogP contribution in [0, 0.1) is 0 Å². The molecule has 0 saturated heterocycles. The first-order chi connectivity index (χ1) is 7.82. The van der Waals surface area contributed by atoms with Crippen molar-refractivity contribution in [3.63, 3.8) is 0 Å². The molecule has 0 amide bonds. The highest BCUT2D eigenvalue weighted by Gasteiger charge is 2.16. The molecule has 0 aliphatic carbocycles. The Balaban J connectivity index is 3.71. The van der Waals surface area contributed by atoms with Gasteiger partial charge >= 0.3 is 0 Å². The molecular weight excluding hydrogens is 208 g/mol. The van der Waals surface area contributed by atoms with E-state index in [4.69, 9.17) is 0 Å². The van der Waals surface area contributed by atoms with Crippen LogP contribution in [0.2, 0.25) is 0 Å². The van der Waals surface area contributed by atoms with Gasteiger partial charge in [-0.25, -0.2) is 0 Å². The molecule has 0 radical (unpaired) electrons. The maximum Gasteiger partial charge on any atom is 0.0122 e. The summed E-state index contributed by atoms with van der Waals surface area (Å²) in [7, 11) is 2.23. The van der Waals surface area contributed by atoms with E-state index in [1.807, 2.05) is 0 Å². The molecule has 1 unspecified atom stereocenters. The molecule has 0 aliphatic rings. The average molecular weight is 242 g/mol. The fourth-order valence-corrected chi connectivity index (χ4v) is 2.15. The summed E-state index contributed by atoms with van der Waals surface area (Å²) in [6.45, 7) is 17.3. The summed E-state index contributed by atoms with van der Waals surface area (Å²) >= 11 is 0. The van der Waals surface area contributed by atoms with E-state index in [1.54, 1.807) is 0 Å². The maximum absolute atomic E-state index is 2.55. The Morgan fingerprint density at radius 3 is 1.94 bits per heavy atom. The van der Waals surface area contributed by atoms with Gasteiger partial charge in [0.25, 0.3) is 0 Å². The van der Waals surface area contributed by atoms with Crippen molar-refractivity contribution in [3.8, 4) is 0 Å². The van der Waals surface area contributed by atoms with Crippen LogP contribution >= 0.6 is 0 Å². The van der Waals surface area contributed by atoms with Gasteiger partial charge in [0.1, 0.15) is 0 Å². The van der Waals surface area contributed by atoms with Crippen molar-refractivity contribution in [3.05, 3.63) is 0 Å². The molecule has 1 atom stereocenters. The van der Waals surface area contributed by atoms with E-state index >= 15 is 0 Å². The summed E-state index contributed by atoms with van der Waals surface area (Å²) in [5.74, 6) is 0. The number of rotatable bonds is 8. The number of unbranched alkanes of at least 4 members (excludes halogenated alkanes) is 1. The van der Waals surface area contributed by atoms with Crippen molar-refractivity contribution in [1.29, 1.82) is 0 Å². The first kappa shape index (κ1) is 16.9. The molecule has 17 heavy (non-hydrogen) atoms. The zero-order valence-electron chi connectivity index (χ0n) is 13.2. The minimum Gasteiger partial charge on any atom is -0.302 e. The molecule has 0 N–H and O–H groups in total. The van der Waals surface area contributed by atoms with Crippen LogP contribution in [0.25, 0.3) is 0 Å². The van der Waals surface area contributed by atoms with Crippen LogP contribution < -0.4 is 0 Å². The van der Waals surface area contributed by atoms with Crippen molar-refractivity contribution >= 4 is 0 Å². The van der Waals surface area contributed by atoms with Crippen LogP contribution in [0.1, 0.15) is 60.8 Å². The molecular formula is C15H34N2. The lowest BCUT2D eigenvalue weighted by Crippen LogP contribution is -2.38. The lowest BCUT2D eigenvalue weighted by atomic mass is 10.1. The first-order valence-electron chi connectivity index (χ1n) is 7.28. The summed E-state index contributed by atoms with van der Waals surface area (Å²) in [6.07, 6.45) is 4.00. The van der Waals surface area contributed by atoms with E-state index in [9.17, 15) is 0 Å². The molecule has 0 bridgehead atoms. The summed E-state index contributed by atoms with van der Waals surface area (Å²) in [6, 6.07) is 0.741. The number of hydrogen-bond acceptors (Lipinski definition) is 2. The lowest BCUT2D eigenvalue weighted by Gasteiger charge is -2.32. The average Bonchev–Trinajstić information content (AvgIpc) is 2.24. The summed E-state index contributed by atoms with van der Waals surface area (Å²) in [4.78, 5) is 5.00. The van der Waals surface area contributed by atoms with E-state index in [-0.39, 0.29) is 0 Å². The van der Waals surface area contributed by atoms with Crippen molar-refractivity contribution in [2.75, 3.05) is 26.7 Å². The highest BCUT2D eigenvalue weighted by Crippen LogP contribution is 2.13. The monoisotopic (exact) mass is 242 g/mol. The zero-order chi connectivity index (χ0) is 13.5. The van der Waals surface area contributed by atoms with Crippen molar-refractivity contribution < 1.29 is 0 Å². The second-order valence-electron chi connectivity index (χ2n) is 6.16. The van der Waals surface area contributed by atoms with Gasteiger partial charge in [-0.3, -0.25) is 0 Å². The highest BCUT2D eigenvalue weighted by atomic mass is 15.2. The van der Waals surface area contributed by atoms with Crippen LogP contribution in [0.3, 0.4) is 0 Å². The van der Waals surface area contributed by atoms with Crippen LogP contribution in [-0.4, -0.2) is 48.1 Å². The molecule has 104 valence electrons. The first-order valence-corrected chi connectivity index (χ1v) is 7.28. The fraction of sp³-hybridized carbons (Fsp3) is 1.00. The standard InChI is InChI=1S/C15H34N2/c1-8-17(9-2)14(3)12-10-11-13-16(7)15(4,5)6/h14H,8-13H2,1-7H3. The van der Waals surface area contributed by atoms with Gasteiger partial charge in [-0.15, -0.1) is 0 Å². The Labute approximate surface area is 109 Å². The quantitative estimate of drug-likeness (QED) is 0.600. The van der Waals surface area contributed by atoms with Crippen molar-refractivity contribution in [2.45, 2.75) is 72.4 Å². The number of nitrogens with zero attached hydrogens (tertiary/aromatic N) is 2. The van der Waals surface area contributed by atoms with E-state index in [0.717, 1.165) is 6.04 Å². The van der Waals surface area contributed by atoms with E-state index < -0.39 is 0 Å². The van der Waals surface area contributed by atoms with Gasteiger partial charge < -0.3 is 9.80 Å². The molecule has 0 heterocycles. The smallest absolute Gasteiger partial charge is 0.0122 e. The largest absolute Gasteiger partial charge is 0.302 e. The Kier molecular flexibility index (Phi) is 8.06. The summed E-state index contributed by atoms with van der Waals surface area (Å²) in [5, 5.41) is 0.